The molecule has 0 fully saturated rings. The lowest BCUT2D eigenvalue weighted by Crippen LogP contribution is -2.16. The zero-order valence-electron chi connectivity index (χ0n) is 15.6. The van der Waals surface area contributed by atoms with Crippen molar-refractivity contribution >= 4 is 34.9 Å². The molecule has 0 aliphatic rings. The number of hydrogen-bond acceptors (Lipinski definition) is 6. The van der Waals surface area contributed by atoms with Gasteiger partial charge in [-0.05, 0) is 55.5 Å². The molecule has 7 heteroatoms. The highest BCUT2D eigenvalue weighted by Crippen LogP contribution is 2.28. The molecule has 2 heterocycles. The van der Waals surface area contributed by atoms with E-state index in [1.807, 2.05) is 49.4 Å². The molecular weight excluding hydrogens is 388 g/mol. The number of nitrogens with one attached hydrogen (secondary N) is 1. The molecule has 4 rings (SSSR count). The second-order valence-corrected chi connectivity index (χ2v) is 7.09. The van der Waals surface area contributed by atoms with E-state index in [1.165, 1.54) is 18.0 Å². The van der Waals surface area contributed by atoms with E-state index in [0.717, 1.165) is 21.1 Å². The minimum Gasteiger partial charge on any atom is -0.494 e. The third-order valence-electron chi connectivity index (χ3n) is 3.94. The van der Waals surface area contributed by atoms with Crippen LogP contribution in [0.2, 0.25) is 0 Å². The van der Waals surface area contributed by atoms with Crippen LogP contribution in [-0.2, 0) is 0 Å². The Balaban J connectivity index is 1.38. The van der Waals surface area contributed by atoms with E-state index in [9.17, 15) is 4.79 Å². The van der Waals surface area contributed by atoms with Gasteiger partial charge in [-0.25, -0.2) is 5.43 Å². The van der Waals surface area contributed by atoms with Gasteiger partial charge in [-0.1, -0.05) is 30.0 Å². The van der Waals surface area contributed by atoms with Gasteiger partial charge in [0.15, 0.2) is 10.9 Å². The van der Waals surface area contributed by atoms with Crippen LogP contribution in [0.25, 0.3) is 11.0 Å². The highest BCUT2D eigenvalue weighted by Gasteiger charge is 2.12. The first-order valence-electron chi connectivity index (χ1n) is 9.04. The molecule has 1 N–H and O–H groups in total. The van der Waals surface area contributed by atoms with Crippen molar-refractivity contribution in [2.75, 3.05) is 6.61 Å². The Kier molecular flexibility index (Phi) is 5.67. The molecule has 146 valence electrons. The summed E-state index contributed by atoms with van der Waals surface area (Å²) in [5, 5.41) is 5.48. The Hall–Kier alpha value is -3.45. The van der Waals surface area contributed by atoms with Crippen molar-refractivity contribution in [3.8, 4) is 5.75 Å². The van der Waals surface area contributed by atoms with Crippen LogP contribution in [0.1, 0.15) is 23.2 Å². The number of fused-ring (bicyclic) bond motifs is 1. The van der Waals surface area contributed by atoms with Crippen LogP contribution in [0.3, 0.4) is 0 Å². The third-order valence-corrected chi connectivity index (χ3v) is 4.87. The number of benzene rings is 2. The van der Waals surface area contributed by atoms with Crippen LogP contribution < -0.4 is 10.2 Å². The summed E-state index contributed by atoms with van der Waals surface area (Å²) in [5.74, 6) is 0.994. The molecule has 0 aliphatic heterocycles. The molecule has 0 aliphatic carbocycles. The van der Waals surface area contributed by atoms with Crippen molar-refractivity contribution < 1.29 is 18.4 Å². The molecule has 0 saturated carbocycles. The quantitative estimate of drug-likeness (QED) is 0.331. The lowest BCUT2D eigenvalue weighted by atomic mass is 10.2. The Labute approximate surface area is 171 Å². The van der Waals surface area contributed by atoms with E-state index in [4.69, 9.17) is 13.6 Å². The SMILES string of the molecule is CCOc1ccc2oc(C(=O)N/N=C/c3ccc(Sc4ccccc4)o3)cc2c1. The van der Waals surface area contributed by atoms with Gasteiger partial charge in [0.25, 0.3) is 0 Å². The predicted molar refractivity (Wildman–Crippen MR) is 112 cm³/mol. The Morgan fingerprint density at radius 3 is 2.79 bits per heavy atom. The van der Waals surface area contributed by atoms with E-state index in [0.29, 0.717) is 18.0 Å². The number of hydrogen-bond donors (Lipinski definition) is 1. The second-order valence-electron chi connectivity index (χ2n) is 6.01. The van der Waals surface area contributed by atoms with E-state index in [-0.39, 0.29) is 5.76 Å². The van der Waals surface area contributed by atoms with Gasteiger partial charge in [0.05, 0.1) is 12.8 Å². The lowest BCUT2D eigenvalue weighted by Gasteiger charge is -2.00. The molecule has 6 nitrogen and oxygen atoms in total. The lowest BCUT2D eigenvalue weighted by molar-refractivity contribution is 0.0929. The summed E-state index contributed by atoms with van der Waals surface area (Å²) in [5.41, 5.74) is 3.05. The fraction of sp³-hybridized carbons (Fsp3) is 0.0909. The van der Waals surface area contributed by atoms with Gasteiger partial charge in [-0.2, -0.15) is 5.10 Å². The standard InChI is InChI=1S/C22H18N2O4S/c1-2-26-16-8-10-19-15(12-16)13-20(28-19)22(25)24-23-14-17-9-11-21(27-17)29-18-6-4-3-5-7-18/h3-14H,2H2,1H3,(H,24,25)/b23-14+. The number of amides is 1. The highest BCUT2D eigenvalue weighted by molar-refractivity contribution is 7.99. The number of hydrazone groups is 1. The summed E-state index contributed by atoms with van der Waals surface area (Å²) < 4.78 is 16.7. The zero-order valence-corrected chi connectivity index (χ0v) is 16.4. The summed E-state index contributed by atoms with van der Waals surface area (Å²) in [4.78, 5) is 13.4. The van der Waals surface area contributed by atoms with Crippen molar-refractivity contribution in [1.82, 2.24) is 5.43 Å². The molecule has 0 saturated heterocycles. The van der Waals surface area contributed by atoms with Gasteiger partial charge < -0.3 is 13.6 Å². The maximum atomic E-state index is 12.3. The fourth-order valence-corrected chi connectivity index (χ4v) is 3.46. The van der Waals surface area contributed by atoms with Crippen LogP contribution in [0, 0.1) is 0 Å². The van der Waals surface area contributed by atoms with E-state index in [2.05, 4.69) is 10.5 Å². The Morgan fingerprint density at radius 2 is 1.97 bits per heavy atom. The van der Waals surface area contributed by atoms with Gasteiger partial charge in [0.1, 0.15) is 17.1 Å². The molecule has 1 amide bonds. The van der Waals surface area contributed by atoms with Crippen molar-refractivity contribution in [3.05, 3.63) is 78.3 Å². The van der Waals surface area contributed by atoms with Gasteiger partial charge in [0, 0.05) is 10.3 Å². The van der Waals surface area contributed by atoms with E-state index in [1.54, 1.807) is 24.3 Å². The van der Waals surface area contributed by atoms with Crippen molar-refractivity contribution in [1.29, 1.82) is 0 Å². The van der Waals surface area contributed by atoms with Crippen LogP contribution in [0.4, 0.5) is 0 Å². The molecular formula is C22H18N2O4S. The molecule has 4 aromatic rings. The average molecular weight is 406 g/mol. The van der Waals surface area contributed by atoms with Crippen molar-refractivity contribution in [2.45, 2.75) is 16.9 Å². The minimum atomic E-state index is -0.444. The second kappa shape index (κ2) is 8.70. The number of furan rings is 2. The van der Waals surface area contributed by atoms with Crippen LogP contribution in [0.5, 0.6) is 5.75 Å². The summed E-state index contributed by atoms with van der Waals surface area (Å²) in [7, 11) is 0. The van der Waals surface area contributed by atoms with Crippen molar-refractivity contribution in [3.63, 3.8) is 0 Å². The molecule has 2 aromatic carbocycles. The average Bonchev–Trinajstić information content (AvgIpc) is 3.35. The molecule has 0 radical (unpaired) electrons. The van der Waals surface area contributed by atoms with Gasteiger partial charge in [0.2, 0.25) is 0 Å². The number of rotatable bonds is 7. The number of carbonyl (C=O) groups excluding carboxylic acids is 1. The minimum absolute atomic E-state index is 0.172. The summed E-state index contributed by atoms with van der Waals surface area (Å²) in [6, 6.07) is 20.6. The molecule has 0 atom stereocenters. The summed E-state index contributed by atoms with van der Waals surface area (Å²) >= 11 is 1.51. The summed E-state index contributed by atoms with van der Waals surface area (Å²) in [6.45, 7) is 2.49. The van der Waals surface area contributed by atoms with Crippen LogP contribution >= 0.6 is 11.8 Å². The summed E-state index contributed by atoms with van der Waals surface area (Å²) in [6.07, 6.45) is 1.45. The Bertz CT molecular complexity index is 1150. The van der Waals surface area contributed by atoms with E-state index < -0.39 is 5.91 Å². The maximum Gasteiger partial charge on any atom is 0.307 e. The van der Waals surface area contributed by atoms with Crippen LogP contribution in [0.15, 0.2) is 90.7 Å². The van der Waals surface area contributed by atoms with E-state index >= 15 is 0 Å². The first kappa shape index (κ1) is 18.9. The first-order valence-corrected chi connectivity index (χ1v) is 9.85. The smallest absolute Gasteiger partial charge is 0.307 e. The Morgan fingerprint density at radius 1 is 1.10 bits per heavy atom. The highest BCUT2D eigenvalue weighted by atomic mass is 32.2. The topological polar surface area (TPSA) is 77.0 Å². The van der Waals surface area contributed by atoms with Gasteiger partial charge >= 0.3 is 5.91 Å². The molecule has 0 spiro atoms. The largest absolute Gasteiger partial charge is 0.494 e. The molecule has 0 bridgehead atoms. The zero-order chi connectivity index (χ0) is 20.1. The third kappa shape index (κ3) is 4.70. The van der Waals surface area contributed by atoms with Crippen molar-refractivity contribution in [2.24, 2.45) is 5.10 Å². The monoisotopic (exact) mass is 406 g/mol. The van der Waals surface area contributed by atoms with Gasteiger partial charge in [-0.15, -0.1) is 0 Å². The number of ether oxygens (including phenoxy) is 1. The van der Waals surface area contributed by atoms with Gasteiger partial charge in [-0.3, -0.25) is 4.79 Å². The molecule has 2 aromatic heterocycles. The maximum absolute atomic E-state index is 12.3. The molecule has 0 unspecified atom stereocenters. The fourth-order valence-electron chi connectivity index (χ4n) is 2.66. The van der Waals surface area contributed by atoms with Crippen LogP contribution in [-0.4, -0.2) is 18.7 Å². The number of carbonyl (C=O) groups is 1. The number of nitrogens with zero attached hydrogens (tertiary/aromatic N) is 1. The molecule has 29 heavy (non-hydrogen) atoms. The predicted octanol–water partition coefficient (Wildman–Crippen LogP) is 5.34. The first-order chi connectivity index (χ1) is 14.2. The normalized spacial score (nSPS) is 11.2.